The topological polar surface area (TPSA) is 96.7 Å². The molecule has 1 aliphatic rings. The summed E-state index contributed by atoms with van der Waals surface area (Å²) >= 11 is 5.90. The van der Waals surface area contributed by atoms with Crippen molar-refractivity contribution in [3.63, 3.8) is 0 Å². The molecule has 0 saturated carbocycles. The van der Waals surface area contributed by atoms with Crippen molar-refractivity contribution in [2.75, 3.05) is 31.1 Å². The Bertz CT molecular complexity index is 943. The summed E-state index contributed by atoms with van der Waals surface area (Å²) < 4.78 is 26.9. The monoisotopic (exact) mass is 396 g/mol. The molecule has 3 rings (SSSR count). The Morgan fingerprint density at radius 2 is 1.88 bits per heavy atom. The minimum absolute atomic E-state index is 0.0616. The van der Waals surface area contributed by atoms with Gasteiger partial charge in [0, 0.05) is 37.3 Å². The summed E-state index contributed by atoms with van der Waals surface area (Å²) in [6.07, 6.45) is 1.22. The molecule has 0 radical (unpaired) electrons. The van der Waals surface area contributed by atoms with E-state index in [0.717, 1.165) is 0 Å². The highest BCUT2D eigenvalue weighted by Crippen LogP contribution is 2.25. The molecule has 1 aliphatic heterocycles. The van der Waals surface area contributed by atoms with E-state index in [4.69, 9.17) is 11.6 Å². The Morgan fingerprint density at radius 1 is 1.19 bits per heavy atom. The smallest absolute Gasteiger partial charge is 0.287 e. The summed E-state index contributed by atoms with van der Waals surface area (Å²) in [5.74, 6) is 0.635. The summed E-state index contributed by atoms with van der Waals surface area (Å²) in [6.45, 7) is 3.25. The van der Waals surface area contributed by atoms with Crippen LogP contribution >= 0.6 is 11.6 Å². The zero-order chi connectivity index (χ0) is 18.9. The van der Waals surface area contributed by atoms with Gasteiger partial charge >= 0.3 is 0 Å². The second kappa shape index (κ2) is 7.18. The highest BCUT2D eigenvalue weighted by molar-refractivity contribution is 7.89. The molecule has 2 aromatic rings. The van der Waals surface area contributed by atoms with Crippen molar-refractivity contribution in [3.8, 4) is 0 Å². The van der Waals surface area contributed by atoms with Crippen LogP contribution in [0.1, 0.15) is 5.56 Å². The molecule has 0 atom stereocenters. The number of halogens is 1. The number of nitrogens with zero attached hydrogens (tertiary/aromatic N) is 4. The third-order valence-corrected chi connectivity index (χ3v) is 6.35. The molecule has 8 nitrogen and oxygen atoms in total. The molecule has 1 aromatic carbocycles. The molecule has 0 unspecified atom stereocenters. The van der Waals surface area contributed by atoms with Gasteiger partial charge in [0.05, 0.1) is 9.82 Å². The lowest BCUT2D eigenvalue weighted by Gasteiger charge is -2.35. The molecule has 1 saturated heterocycles. The van der Waals surface area contributed by atoms with Crippen molar-refractivity contribution < 1.29 is 13.3 Å². The number of aromatic nitrogens is 1. The van der Waals surface area contributed by atoms with Gasteiger partial charge in [-0.05, 0) is 30.7 Å². The van der Waals surface area contributed by atoms with Crippen molar-refractivity contribution >= 4 is 33.1 Å². The second-order valence-electron chi connectivity index (χ2n) is 5.94. The normalized spacial score (nSPS) is 15.8. The zero-order valence-electron chi connectivity index (χ0n) is 14.0. The predicted octanol–water partition coefficient (Wildman–Crippen LogP) is 2.46. The average molecular weight is 397 g/mol. The highest BCUT2D eigenvalue weighted by Gasteiger charge is 2.29. The van der Waals surface area contributed by atoms with Gasteiger partial charge in [0.2, 0.25) is 10.0 Å². The Balaban J connectivity index is 1.74. The lowest BCUT2D eigenvalue weighted by Crippen LogP contribution is -2.49. The van der Waals surface area contributed by atoms with E-state index in [1.54, 1.807) is 19.1 Å². The van der Waals surface area contributed by atoms with Gasteiger partial charge in [0.15, 0.2) is 0 Å². The maximum absolute atomic E-state index is 12.7. The number of anilines is 1. The lowest BCUT2D eigenvalue weighted by atomic mass is 10.2. The number of hydrogen-bond acceptors (Lipinski definition) is 6. The van der Waals surface area contributed by atoms with E-state index in [9.17, 15) is 18.5 Å². The summed E-state index contributed by atoms with van der Waals surface area (Å²) in [5.41, 5.74) is 0.624. The summed E-state index contributed by atoms with van der Waals surface area (Å²) in [5, 5.41) is 11.2. The first-order valence-corrected chi connectivity index (χ1v) is 9.72. The van der Waals surface area contributed by atoms with Crippen LogP contribution in [-0.2, 0) is 10.0 Å². The van der Waals surface area contributed by atoms with Crippen LogP contribution in [0.5, 0.6) is 0 Å². The van der Waals surface area contributed by atoms with Crippen molar-refractivity contribution in [1.29, 1.82) is 0 Å². The van der Waals surface area contributed by atoms with Gasteiger partial charge < -0.3 is 4.90 Å². The van der Waals surface area contributed by atoms with Gasteiger partial charge in [-0.1, -0.05) is 17.7 Å². The van der Waals surface area contributed by atoms with Crippen LogP contribution in [0.3, 0.4) is 0 Å². The van der Waals surface area contributed by atoms with Crippen LogP contribution in [0, 0.1) is 17.0 Å². The Kier molecular flexibility index (Phi) is 5.12. The zero-order valence-corrected chi connectivity index (χ0v) is 15.6. The van der Waals surface area contributed by atoms with Crippen LogP contribution < -0.4 is 4.90 Å². The molecule has 0 aliphatic carbocycles. The van der Waals surface area contributed by atoms with Gasteiger partial charge in [-0.3, -0.25) is 10.1 Å². The molecular formula is C16H17ClN4O4S. The molecule has 0 bridgehead atoms. The van der Waals surface area contributed by atoms with Gasteiger partial charge in [0.1, 0.15) is 12.0 Å². The molecular weight excluding hydrogens is 380 g/mol. The van der Waals surface area contributed by atoms with Crippen molar-refractivity contribution in [1.82, 2.24) is 9.29 Å². The van der Waals surface area contributed by atoms with E-state index in [-0.39, 0.29) is 10.6 Å². The van der Waals surface area contributed by atoms with E-state index in [1.807, 2.05) is 4.90 Å². The summed E-state index contributed by atoms with van der Waals surface area (Å²) in [4.78, 5) is 16.6. The lowest BCUT2D eigenvalue weighted by molar-refractivity contribution is -0.385. The van der Waals surface area contributed by atoms with Gasteiger partial charge in [-0.2, -0.15) is 4.31 Å². The quantitative estimate of drug-likeness (QED) is 0.581. The van der Waals surface area contributed by atoms with Crippen molar-refractivity contribution in [2.45, 2.75) is 11.8 Å². The second-order valence-corrected chi connectivity index (χ2v) is 8.31. The van der Waals surface area contributed by atoms with Gasteiger partial charge in [-0.15, -0.1) is 0 Å². The minimum Gasteiger partial charge on any atom is -0.354 e. The number of aryl methyl sites for hydroxylation is 1. The molecule has 0 N–H and O–H groups in total. The maximum atomic E-state index is 12.7. The molecule has 1 fully saturated rings. The molecule has 2 heterocycles. The van der Waals surface area contributed by atoms with Crippen molar-refractivity contribution in [2.24, 2.45) is 0 Å². The standard InChI is InChI=1S/C16H17ClN4O4S/c1-12-9-14(21(22)23)11-18-16(12)19-5-7-20(8-6-19)26(24,25)15-4-2-3-13(17)10-15/h2-4,9-11H,5-8H2,1H3. The third kappa shape index (κ3) is 3.64. The number of pyridine rings is 1. The Morgan fingerprint density at radius 3 is 2.46 bits per heavy atom. The van der Waals surface area contributed by atoms with E-state index in [1.165, 1.54) is 28.7 Å². The third-order valence-electron chi connectivity index (χ3n) is 4.22. The largest absolute Gasteiger partial charge is 0.354 e. The number of nitro groups is 1. The first-order valence-electron chi connectivity index (χ1n) is 7.91. The van der Waals surface area contributed by atoms with Crippen LogP contribution in [0.25, 0.3) is 0 Å². The number of rotatable bonds is 4. The molecule has 0 amide bonds. The molecule has 26 heavy (non-hydrogen) atoms. The number of hydrogen-bond donors (Lipinski definition) is 0. The van der Waals surface area contributed by atoms with Crippen molar-refractivity contribution in [3.05, 3.63) is 57.2 Å². The van der Waals surface area contributed by atoms with Crippen LogP contribution in [0.15, 0.2) is 41.4 Å². The average Bonchev–Trinajstić information content (AvgIpc) is 2.61. The minimum atomic E-state index is -3.61. The highest BCUT2D eigenvalue weighted by atomic mass is 35.5. The number of sulfonamides is 1. The Hall–Kier alpha value is -2.23. The van der Waals surface area contributed by atoms with Crippen LogP contribution in [0.4, 0.5) is 11.5 Å². The molecule has 138 valence electrons. The van der Waals surface area contributed by atoms with Gasteiger partial charge in [0.25, 0.3) is 5.69 Å². The Labute approximate surface area is 156 Å². The molecule has 10 heteroatoms. The maximum Gasteiger partial charge on any atom is 0.287 e. The van der Waals surface area contributed by atoms with E-state index < -0.39 is 14.9 Å². The SMILES string of the molecule is Cc1cc([N+](=O)[O-])cnc1N1CCN(S(=O)(=O)c2cccc(Cl)c2)CC1. The molecule has 1 aromatic heterocycles. The summed E-state index contributed by atoms with van der Waals surface area (Å²) in [7, 11) is -3.61. The first-order chi connectivity index (χ1) is 12.3. The number of piperazine rings is 1. The van der Waals surface area contributed by atoms with E-state index >= 15 is 0 Å². The fourth-order valence-corrected chi connectivity index (χ4v) is 4.62. The van der Waals surface area contributed by atoms with Gasteiger partial charge in [-0.25, -0.2) is 13.4 Å². The van der Waals surface area contributed by atoms with E-state index in [2.05, 4.69) is 4.98 Å². The predicted molar refractivity (Wildman–Crippen MR) is 98.1 cm³/mol. The van der Waals surface area contributed by atoms with Crippen LogP contribution in [0.2, 0.25) is 5.02 Å². The fraction of sp³-hybridized carbons (Fsp3) is 0.312. The first kappa shape index (κ1) is 18.6. The number of benzene rings is 1. The summed E-state index contributed by atoms with van der Waals surface area (Å²) in [6, 6.07) is 7.66. The van der Waals surface area contributed by atoms with E-state index in [0.29, 0.717) is 42.6 Å². The molecule has 0 spiro atoms. The fourth-order valence-electron chi connectivity index (χ4n) is 2.90. The van der Waals surface area contributed by atoms with Crippen LogP contribution in [-0.4, -0.2) is 48.8 Å².